The number of anilines is 1. The van der Waals surface area contributed by atoms with Gasteiger partial charge in [-0.15, -0.1) is 0 Å². The van der Waals surface area contributed by atoms with Gasteiger partial charge in [0.25, 0.3) is 0 Å². The third kappa shape index (κ3) is 6.20. The zero-order valence-electron chi connectivity index (χ0n) is 23.7. The van der Waals surface area contributed by atoms with E-state index in [1.54, 1.807) is 0 Å². The zero-order chi connectivity index (χ0) is 28.2. The first-order chi connectivity index (χ1) is 20.1. The lowest BCUT2D eigenvalue weighted by atomic mass is 10.2. The monoisotopic (exact) mass is 551 g/mol. The van der Waals surface area contributed by atoms with Crippen LogP contribution in [-0.4, -0.2) is 77.1 Å². The van der Waals surface area contributed by atoms with E-state index in [-0.39, 0.29) is 5.91 Å². The molecule has 212 valence electrons. The molecule has 0 saturated carbocycles. The Morgan fingerprint density at radius 1 is 0.902 bits per heavy atom. The van der Waals surface area contributed by atoms with Gasteiger partial charge in [0.1, 0.15) is 17.4 Å². The van der Waals surface area contributed by atoms with Gasteiger partial charge < -0.3 is 29.8 Å². The van der Waals surface area contributed by atoms with E-state index >= 15 is 0 Å². The fraction of sp³-hybridized carbons (Fsp3) is 0.344. The van der Waals surface area contributed by atoms with Crippen LogP contribution in [0.1, 0.15) is 26.2 Å². The average Bonchev–Trinajstić information content (AvgIpc) is 3.62. The number of carbonyl (C=O) groups is 1. The van der Waals surface area contributed by atoms with Gasteiger partial charge in [0, 0.05) is 56.0 Å². The van der Waals surface area contributed by atoms with E-state index in [1.165, 1.54) is 5.69 Å². The van der Waals surface area contributed by atoms with E-state index in [4.69, 9.17) is 14.7 Å². The van der Waals surface area contributed by atoms with E-state index in [9.17, 15) is 4.79 Å². The highest BCUT2D eigenvalue weighted by molar-refractivity contribution is 5.87. The molecule has 0 atom stereocenters. The number of aromatic nitrogens is 4. The second-order valence-corrected chi connectivity index (χ2v) is 10.7. The van der Waals surface area contributed by atoms with Crippen LogP contribution < -0.4 is 15.0 Å². The molecule has 0 radical (unpaired) electrons. The van der Waals surface area contributed by atoms with Gasteiger partial charge in [-0.3, -0.25) is 4.79 Å². The molecule has 1 fully saturated rings. The predicted molar refractivity (Wildman–Crippen MR) is 164 cm³/mol. The van der Waals surface area contributed by atoms with Gasteiger partial charge in [-0.05, 0) is 68.4 Å². The summed E-state index contributed by atoms with van der Waals surface area (Å²) in [7, 11) is 2.17. The minimum atomic E-state index is 0.0731. The Bertz CT molecular complexity index is 1650. The van der Waals surface area contributed by atoms with Crippen LogP contribution in [0.15, 0.2) is 60.7 Å². The fourth-order valence-electron chi connectivity index (χ4n) is 5.20. The van der Waals surface area contributed by atoms with Crippen molar-refractivity contribution in [3.8, 4) is 28.5 Å². The van der Waals surface area contributed by atoms with Gasteiger partial charge in [0.2, 0.25) is 5.91 Å². The lowest BCUT2D eigenvalue weighted by molar-refractivity contribution is -0.121. The smallest absolute Gasteiger partial charge is 0.220 e. The quantitative estimate of drug-likeness (QED) is 0.206. The van der Waals surface area contributed by atoms with Crippen LogP contribution >= 0.6 is 0 Å². The number of H-pyrrole nitrogens is 2. The van der Waals surface area contributed by atoms with E-state index in [0.29, 0.717) is 19.4 Å². The molecule has 0 unspecified atom stereocenters. The van der Waals surface area contributed by atoms with Gasteiger partial charge in [-0.25, -0.2) is 9.97 Å². The molecule has 6 rings (SSSR count). The van der Waals surface area contributed by atoms with E-state index < -0.39 is 0 Å². The number of likely N-dealkylation sites (N-methyl/N-ethyl adjacent to an activating group) is 1. The van der Waals surface area contributed by atoms with Crippen LogP contribution in [-0.2, 0) is 4.79 Å². The molecule has 3 heterocycles. The number of piperazine rings is 1. The first-order valence-electron chi connectivity index (χ1n) is 14.5. The van der Waals surface area contributed by atoms with Crippen molar-refractivity contribution in [2.75, 3.05) is 51.3 Å². The first kappa shape index (κ1) is 26.8. The highest BCUT2D eigenvalue weighted by Gasteiger charge is 2.16. The molecule has 9 nitrogen and oxygen atoms in total. The first-order valence-corrected chi connectivity index (χ1v) is 14.5. The Morgan fingerprint density at radius 2 is 1.61 bits per heavy atom. The van der Waals surface area contributed by atoms with Crippen molar-refractivity contribution in [3.63, 3.8) is 0 Å². The van der Waals surface area contributed by atoms with Crippen molar-refractivity contribution >= 4 is 33.7 Å². The highest BCUT2D eigenvalue weighted by atomic mass is 16.5. The summed E-state index contributed by atoms with van der Waals surface area (Å²) >= 11 is 0. The zero-order valence-corrected chi connectivity index (χ0v) is 23.7. The predicted octanol–water partition coefficient (Wildman–Crippen LogP) is 5.21. The van der Waals surface area contributed by atoms with Gasteiger partial charge in [-0.2, -0.15) is 0 Å². The molecular formula is C32H37N7O2. The molecule has 1 aliphatic rings. The molecule has 3 aromatic carbocycles. The van der Waals surface area contributed by atoms with Crippen molar-refractivity contribution in [1.82, 2.24) is 30.2 Å². The number of amides is 1. The third-order valence-electron chi connectivity index (χ3n) is 7.59. The van der Waals surface area contributed by atoms with Crippen molar-refractivity contribution in [2.24, 2.45) is 0 Å². The molecule has 9 heteroatoms. The molecule has 1 amide bonds. The Hall–Kier alpha value is -4.37. The van der Waals surface area contributed by atoms with Crippen LogP contribution in [0.5, 0.6) is 5.75 Å². The Morgan fingerprint density at radius 3 is 2.37 bits per heavy atom. The van der Waals surface area contributed by atoms with Crippen molar-refractivity contribution in [2.45, 2.75) is 26.2 Å². The van der Waals surface area contributed by atoms with E-state index in [1.807, 2.05) is 37.3 Å². The minimum absolute atomic E-state index is 0.0731. The summed E-state index contributed by atoms with van der Waals surface area (Å²) in [6, 6.07) is 20.5. The summed E-state index contributed by atoms with van der Waals surface area (Å²) in [5.41, 5.74) is 7.02. The maximum absolute atomic E-state index is 11.8. The highest BCUT2D eigenvalue weighted by Crippen LogP contribution is 2.29. The normalized spacial score (nSPS) is 14.1. The van der Waals surface area contributed by atoms with Crippen molar-refractivity contribution in [1.29, 1.82) is 0 Å². The lowest BCUT2D eigenvalue weighted by Crippen LogP contribution is -2.44. The fourth-order valence-corrected chi connectivity index (χ4v) is 5.20. The van der Waals surface area contributed by atoms with Crippen LogP contribution in [0.4, 0.5) is 5.69 Å². The summed E-state index contributed by atoms with van der Waals surface area (Å²) in [5, 5.41) is 2.90. The Labute approximate surface area is 239 Å². The molecular weight excluding hydrogens is 514 g/mol. The Kier molecular flexibility index (Phi) is 7.86. The second kappa shape index (κ2) is 12.0. The van der Waals surface area contributed by atoms with Crippen LogP contribution in [0.25, 0.3) is 44.8 Å². The van der Waals surface area contributed by atoms with E-state index in [2.05, 4.69) is 62.5 Å². The number of benzene rings is 3. The van der Waals surface area contributed by atoms with Gasteiger partial charge in [-0.1, -0.05) is 19.1 Å². The number of hydrogen-bond donors (Lipinski definition) is 3. The van der Waals surface area contributed by atoms with Crippen molar-refractivity contribution < 1.29 is 9.53 Å². The molecule has 3 N–H and O–H groups in total. The standard InChI is InChI=1S/C32H37N7O2/c1-3-13-33-30(40)8-5-18-41-25-7-4-6-22(19-25)31-34-26-11-9-23(20-28(26)36-31)32-35-27-12-10-24(21-29(27)37-32)39-16-14-38(2)15-17-39/h4,6-7,9-12,19-21H,3,5,8,13-18H2,1-2H3,(H,33,40)(H,34,36)(H,35,37). The number of ether oxygens (including phenoxy) is 1. The molecule has 0 bridgehead atoms. The largest absolute Gasteiger partial charge is 0.494 e. The number of carbonyl (C=O) groups excluding carboxylic acids is 1. The lowest BCUT2D eigenvalue weighted by Gasteiger charge is -2.34. The summed E-state index contributed by atoms with van der Waals surface area (Å²) < 4.78 is 5.92. The maximum Gasteiger partial charge on any atom is 0.220 e. The number of nitrogens with one attached hydrogen (secondary N) is 3. The number of aromatic amines is 2. The molecule has 0 spiro atoms. The number of imidazole rings is 2. The summed E-state index contributed by atoms with van der Waals surface area (Å²) in [6.07, 6.45) is 2.08. The van der Waals surface area contributed by atoms with Crippen molar-refractivity contribution in [3.05, 3.63) is 60.7 Å². The van der Waals surface area contributed by atoms with Crippen LogP contribution in [0.3, 0.4) is 0 Å². The van der Waals surface area contributed by atoms with E-state index in [0.717, 1.165) is 89.7 Å². The SMILES string of the molecule is CCCNC(=O)CCCOc1cccc(-c2nc3ccc(-c4nc5ccc(N6CCN(C)CC6)cc5[nH]4)cc3[nH]2)c1. The van der Waals surface area contributed by atoms with Gasteiger partial charge in [0.15, 0.2) is 0 Å². The molecule has 1 saturated heterocycles. The maximum atomic E-state index is 11.8. The molecule has 1 aliphatic heterocycles. The Balaban J connectivity index is 1.15. The summed E-state index contributed by atoms with van der Waals surface area (Å²) in [6.45, 7) is 7.48. The van der Waals surface area contributed by atoms with Gasteiger partial charge in [0.05, 0.1) is 28.7 Å². The summed E-state index contributed by atoms with van der Waals surface area (Å²) in [4.78, 5) is 33.3. The summed E-state index contributed by atoms with van der Waals surface area (Å²) in [5.74, 6) is 2.45. The average molecular weight is 552 g/mol. The van der Waals surface area contributed by atoms with Crippen LogP contribution in [0.2, 0.25) is 0 Å². The molecule has 5 aromatic rings. The second-order valence-electron chi connectivity index (χ2n) is 10.7. The minimum Gasteiger partial charge on any atom is -0.494 e. The number of fused-ring (bicyclic) bond motifs is 2. The topological polar surface area (TPSA) is 102 Å². The van der Waals surface area contributed by atoms with Gasteiger partial charge >= 0.3 is 0 Å². The molecule has 41 heavy (non-hydrogen) atoms. The number of rotatable bonds is 10. The molecule has 2 aromatic heterocycles. The third-order valence-corrected chi connectivity index (χ3v) is 7.59. The van der Waals surface area contributed by atoms with Crippen LogP contribution in [0, 0.1) is 0 Å². The number of hydrogen-bond acceptors (Lipinski definition) is 6. The molecule has 0 aliphatic carbocycles. The number of nitrogens with zero attached hydrogens (tertiary/aromatic N) is 4.